The van der Waals surface area contributed by atoms with Gasteiger partial charge in [-0.1, -0.05) is 20.8 Å². The fourth-order valence-corrected chi connectivity index (χ4v) is 9.78. The molecule has 0 aromatic heterocycles. The number of rotatable bonds is 8. The zero-order chi connectivity index (χ0) is 25.6. The predicted octanol–water partition coefficient (Wildman–Crippen LogP) is -3.22. The van der Waals surface area contributed by atoms with Gasteiger partial charge < -0.3 is 19.8 Å². The van der Waals surface area contributed by atoms with Crippen molar-refractivity contribution >= 4 is 22.3 Å². The topological polar surface area (TPSA) is 136 Å². The van der Waals surface area contributed by atoms with Crippen LogP contribution >= 0.6 is 0 Å². The van der Waals surface area contributed by atoms with Crippen molar-refractivity contribution in [2.45, 2.75) is 97.5 Å². The summed E-state index contributed by atoms with van der Waals surface area (Å²) in [5.41, 5.74) is 0.444. The van der Waals surface area contributed by atoms with E-state index in [-0.39, 0.29) is 75.9 Å². The summed E-state index contributed by atoms with van der Waals surface area (Å²) in [6.07, 6.45) is 9.88. The third-order valence-electron chi connectivity index (χ3n) is 10.9. The summed E-state index contributed by atoms with van der Waals surface area (Å²) >= 11 is 0. The van der Waals surface area contributed by atoms with Crippen LogP contribution in [-0.2, 0) is 24.2 Å². The van der Waals surface area contributed by atoms with E-state index in [2.05, 4.69) is 26.1 Å². The average molecular weight is 558 g/mol. The smallest absolute Gasteiger partial charge is 0.726 e. The van der Waals surface area contributed by atoms with Gasteiger partial charge in [0.25, 0.3) is 0 Å². The molecule has 4 fully saturated rings. The normalized spacial score (nSPS) is 39.6. The van der Waals surface area contributed by atoms with Gasteiger partial charge in [0.05, 0.1) is 18.6 Å². The van der Waals surface area contributed by atoms with Gasteiger partial charge in [0.2, 0.25) is 16.3 Å². The molecule has 11 heteroatoms. The first-order chi connectivity index (χ1) is 16.3. The van der Waals surface area contributed by atoms with Crippen LogP contribution in [0.15, 0.2) is 0 Å². The van der Waals surface area contributed by atoms with Crippen LogP contribution in [0.5, 0.6) is 0 Å². The fraction of sp³-hybridized carbons (Fsp3) is 0.923. The van der Waals surface area contributed by atoms with E-state index in [0.29, 0.717) is 54.8 Å². The van der Waals surface area contributed by atoms with Crippen molar-refractivity contribution in [2.24, 2.45) is 46.3 Å². The van der Waals surface area contributed by atoms with E-state index in [4.69, 9.17) is 4.18 Å². The van der Waals surface area contributed by atoms with E-state index < -0.39 is 29.0 Å². The molecule has 1 N–H and O–H groups in total. The second-order valence-corrected chi connectivity index (χ2v) is 13.5. The zero-order valence-corrected chi connectivity index (χ0v) is 28.1. The second kappa shape index (κ2) is 13.2. The van der Waals surface area contributed by atoms with Crippen molar-refractivity contribution in [2.75, 3.05) is 6.54 Å². The molecule has 4 saturated carbocycles. The van der Waals surface area contributed by atoms with E-state index >= 15 is 0 Å². The molecule has 4 rings (SSSR count). The third-order valence-corrected chi connectivity index (χ3v) is 11.4. The van der Waals surface area contributed by atoms with E-state index in [0.717, 1.165) is 25.7 Å². The minimum atomic E-state index is -4.66. The summed E-state index contributed by atoms with van der Waals surface area (Å²) < 4.78 is 38.2. The Hall–Kier alpha value is 0.810. The number of carboxylic acids is 1. The molecule has 0 unspecified atom stereocenters. The van der Waals surface area contributed by atoms with Gasteiger partial charge in [-0.25, -0.2) is 8.42 Å². The molecule has 0 aromatic rings. The van der Waals surface area contributed by atoms with Crippen molar-refractivity contribution in [3.05, 3.63) is 0 Å². The Bertz CT molecular complexity index is 934. The summed E-state index contributed by atoms with van der Waals surface area (Å²) in [6, 6.07) is 0. The Morgan fingerprint density at radius 3 is 2.30 bits per heavy atom. The number of hydrogen-bond acceptors (Lipinski definition) is 7. The second-order valence-electron chi connectivity index (χ2n) is 12.5. The number of amides is 1. The van der Waals surface area contributed by atoms with Crippen molar-refractivity contribution in [1.82, 2.24) is 5.32 Å². The summed E-state index contributed by atoms with van der Waals surface area (Å²) in [5, 5.41) is 13.0. The predicted molar refractivity (Wildman–Crippen MR) is 126 cm³/mol. The van der Waals surface area contributed by atoms with E-state index in [1.54, 1.807) is 0 Å². The Kier molecular flexibility index (Phi) is 12.1. The number of hydrogen-bond donors (Lipinski definition) is 1. The summed E-state index contributed by atoms with van der Waals surface area (Å²) in [4.78, 5) is 22.6. The number of carboxylic acid groups (broad SMARTS) is 1. The molecular weight excluding hydrogens is 516 g/mol. The number of carbonyl (C=O) groups is 2. The first kappa shape index (κ1) is 34.0. The fourth-order valence-electron chi connectivity index (χ4n) is 9.27. The third kappa shape index (κ3) is 7.37. The van der Waals surface area contributed by atoms with Crippen LogP contribution in [0.3, 0.4) is 0 Å². The Balaban J connectivity index is 0.00000241. The summed E-state index contributed by atoms with van der Waals surface area (Å²) in [5.74, 6) is 1.88. The molecule has 9 atom stereocenters. The summed E-state index contributed by atoms with van der Waals surface area (Å²) in [6.45, 7) is 6.69. The number of nitrogens with one attached hydrogen (secondary N) is 1. The largest absolute Gasteiger partial charge is 1.00 e. The van der Waals surface area contributed by atoms with Gasteiger partial charge in [0.1, 0.15) is 0 Å². The molecule has 0 bridgehead atoms. The molecule has 37 heavy (non-hydrogen) atoms. The van der Waals surface area contributed by atoms with Crippen LogP contribution in [0.4, 0.5) is 0 Å². The maximum Gasteiger partial charge on any atom is 1.00 e. The Morgan fingerprint density at radius 2 is 1.65 bits per heavy atom. The average Bonchev–Trinajstić information content (AvgIpc) is 3.12. The van der Waals surface area contributed by atoms with Gasteiger partial charge in [-0.15, -0.1) is 0 Å². The molecule has 4 aliphatic rings. The standard InChI is InChI=1S/C26H43NO7S.2Na/c1-16(4-9-23(28)27-15-24(29)30)20-7-8-21-19-6-5-17-14-18(34-35(31,32)33)10-12-25(17,2)22(19)11-13-26(20,21)3;;/h16-22H,4-15H2,1-3H3,(H,27,28)(H,29,30)(H,31,32,33);;/q;2*+1/p-2/t16-,17-,18-,19+,20-,21+,22+,25+,26-;;/m1../s1. The van der Waals surface area contributed by atoms with Crippen molar-refractivity contribution in [3.8, 4) is 0 Å². The van der Waals surface area contributed by atoms with Crippen LogP contribution < -0.4 is 69.5 Å². The van der Waals surface area contributed by atoms with Crippen LogP contribution in [0, 0.1) is 46.3 Å². The van der Waals surface area contributed by atoms with E-state index in [9.17, 15) is 27.7 Å². The van der Waals surface area contributed by atoms with Gasteiger partial charge in [0, 0.05) is 6.42 Å². The zero-order valence-electron chi connectivity index (χ0n) is 23.3. The first-order valence-corrected chi connectivity index (χ1v) is 14.8. The van der Waals surface area contributed by atoms with Gasteiger partial charge >= 0.3 is 59.1 Å². The molecule has 0 saturated heterocycles. The van der Waals surface area contributed by atoms with Gasteiger partial charge in [-0.05, 0) is 111 Å². The summed E-state index contributed by atoms with van der Waals surface area (Å²) in [7, 11) is -4.66. The Morgan fingerprint density at radius 1 is 1.00 bits per heavy atom. The van der Waals surface area contributed by atoms with Crippen molar-refractivity contribution in [1.29, 1.82) is 0 Å². The minimum Gasteiger partial charge on any atom is -0.726 e. The molecule has 0 aliphatic heterocycles. The van der Waals surface area contributed by atoms with Crippen LogP contribution in [0.2, 0.25) is 0 Å². The maximum absolute atomic E-state index is 12.0. The van der Waals surface area contributed by atoms with Gasteiger partial charge in [0.15, 0.2) is 0 Å². The quantitative estimate of drug-likeness (QED) is 0.188. The number of fused-ring (bicyclic) bond motifs is 5. The molecule has 0 heterocycles. The molecule has 8 nitrogen and oxygen atoms in total. The van der Waals surface area contributed by atoms with Crippen molar-refractivity contribution in [3.63, 3.8) is 0 Å². The molecule has 0 aromatic carbocycles. The van der Waals surface area contributed by atoms with Crippen LogP contribution in [-0.4, -0.2) is 37.5 Å². The molecular formula is C26H41NNa2O7S. The van der Waals surface area contributed by atoms with Crippen LogP contribution in [0.25, 0.3) is 0 Å². The molecule has 0 spiro atoms. The number of carbonyl (C=O) groups excluding carboxylic acids is 2. The number of aliphatic carboxylic acids is 1. The maximum atomic E-state index is 12.0. The molecule has 1 amide bonds. The minimum absolute atomic E-state index is 0. The first-order valence-electron chi connectivity index (χ1n) is 13.4. The van der Waals surface area contributed by atoms with E-state index in [1.165, 1.54) is 25.7 Å². The van der Waals surface area contributed by atoms with Gasteiger partial charge in [-0.2, -0.15) is 0 Å². The molecule has 4 aliphatic carbocycles. The molecule has 0 radical (unpaired) electrons. The van der Waals surface area contributed by atoms with Crippen LogP contribution in [0.1, 0.15) is 91.4 Å². The molecule has 200 valence electrons. The van der Waals surface area contributed by atoms with Gasteiger partial charge in [-0.3, -0.25) is 8.98 Å². The SMILES string of the molecule is C[C@H](CCC(=O)NCC(=O)[O-])[C@H]1CC[C@H]2[C@@H]3CC[C@@H]4C[C@H](OS(=O)(=O)[O-])CC[C@]4(C)[C@H]3CC[C@]12C.[Na+].[Na+]. The Labute approximate surface area is 266 Å². The monoisotopic (exact) mass is 557 g/mol. The van der Waals surface area contributed by atoms with Crippen molar-refractivity contribution < 1.29 is 91.0 Å². The van der Waals surface area contributed by atoms with E-state index in [1.807, 2.05) is 0 Å².